The van der Waals surface area contributed by atoms with Gasteiger partial charge >= 0.3 is 0 Å². The lowest BCUT2D eigenvalue weighted by Crippen LogP contribution is -2.39. The largest absolute Gasteiger partial charge is 0.378 e. The molecule has 1 amide bonds. The monoisotopic (exact) mass is 305 g/mol. The van der Waals surface area contributed by atoms with E-state index in [9.17, 15) is 4.79 Å². The van der Waals surface area contributed by atoms with Crippen LogP contribution in [0.4, 0.5) is 5.82 Å². The molecular formula is C17H27N3O2. The molecule has 1 aliphatic rings. The minimum absolute atomic E-state index is 0.0291. The number of rotatable bonds is 7. The molecule has 22 heavy (non-hydrogen) atoms. The van der Waals surface area contributed by atoms with E-state index in [2.05, 4.69) is 29.0 Å². The maximum absolute atomic E-state index is 12.5. The van der Waals surface area contributed by atoms with Gasteiger partial charge in [0.1, 0.15) is 5.82 Å². The molecule has 5 heteroatoms. The number of ether oxygens (including phenoxy) is 1. The minimum Gasteiger partial charge on any atom is -0.378 e. The second-order valence-electron chi connectivity index (χ2n) is 5.84. The fourth-order valence-corrected chi connectivity index (χ4v) is 2.68. The summed E-state index contributed by atoms with van der Waals surface area (Å²) in [6, 6.07) is 3.86. The summed E-state index contributed by atoms with van der Waals surface area (Å²) in [4.78, 5) is 19.1. The van der Waals surface area contributed by atoms with Gasteiger partial charge in [-0.3, -0.25) is 4.79 Å². The normalized spacial score (nSPS) is 16.4. The van der Waals surface area contributed by atoms with Crippen molar-refractivity contribution in [3.63, 3.8) is 0 Å². The summed E-state index contributed by atoms with van der Waals surface area (Å²) < 4.78 is 5.37. The molecule has 1 fully saturated rings. The molecule has 2 heterocycles. The molecule has 0 aliphatic carbocycles. The lowest BCUT2D eigenvalue weighted by Gasteiger charge is -2.29. The number of anilines is 1. The zero-order valence-electron chi connectivity index (χ0n) is 13.7. The van der Waals surface area contributed by atoms with Crippen LogP contribution in [-0.2, 0) is 4.74 Å². The van der Waals surface area contributed by atoms with E-state index in [-0.39, 0.29) is 11.9 Å². The van der Waals surface area contributed by atoms with E-state index in [0.717, 1.165) is 31.7 Å². The molecule has 1 unspecified atom stereocenters. The number of amides is 1. The average molecular weight is 305 g/mol. The molecule has 0 saturated carbocycles. The third-order valence-corrected chi connectivity index (χ3v) is 3.96. The first kappa shape index (κ1) is 16.7. The average Bonchev–Trinajstić information content (AvgIpc) is 2.56. The van der Waals surface area contributed by atoms with Crippen molar-refractivity contribution in [2.45, 2.75) is 45.6 Å². The van der Waals surface area contributed by atoms with Crippen LogP contribution in [0, 0.1) is 0 Å². The van der Waals surface area contributed by atoms with Crippen LogP contribution in [0.2, 0.25) is 0 Å². The van der Waals surface area contributed by atoms with Crippen molar-refractivity contribution in [2.24, 2.45) is 0 Å². The third kappa shape index (κ3) is 4.70. The highest BCUT2D eigenvalue weighted by atomic mass is 16.5. The molecule has 1 atom stereocenters. The summed E-state index contributed by atoms with van der Waals surface area (Å²) >= 11 is 0. The van der Waals surface area contributed by atoms with Crippen LogP contribution in [-0.4, -0.2) is 43.2 Å². The molecule has 1 aromatic rings. The lowest BCUT2D eigenvalue weighted by atomic mass is 10.1. The quantitative estimate of drug-likeness (QED) is 0.787. The number of nitrogens with one attached hydrogen (secondary N) is 1. The first-order valence-electron chi connectivity index (χ1n) is 8.31. The minimum atomic E-state index is -0.0291. The number of pyridine rings is 1. The summed E-state index contributed by atoms with van der Waals surface area (Å²) in [6.45, 7) is 7.19. The maximum atomic E-state index is 12.5. The molecule has 2 rings (SSSR count). The lowest BCUT2D eigenvalue weighted by molar-refractivity contribution is 0.0936. The highest BCUT2D eigenvalue weighted by Gasteiger charge is 2.20. The Bertz CT molecular complexity index is 473. The van der Waals surface area contributed by atoms with Crippen molar-refractivity contribution in [2.75, 3.05) is 31.2 Å². The van der Waals surface area contributed by atoms with Crippen molar-refractivity contribution in [3.8, 4) is 0 Å². The van der Waals surface area contributed by atoms with Crippen molar-refractivity contribution in [1.82, 2.24) is 10.3 Å². The summed E-state index contributed by atoms with van der Waals surface area (Å²) in [5.74, 6) is 0.739. The molecule has 122 valence electrons. The fourth-order valence-electron chi connectivity index (χ4n) is 2.68. The third-order valence-electron chi connectivity index (χ3n) is 3.96. The summed E-state index contributed by atoms with van der Waals surface area (Å²) in [6.07, 6.45) is 6.33. The Balaban J connectivity index is 1.99. The number of hydrogen-bond acceptors (Lipinski definition) is 4. The van der Waals surface area contributed by atoms with Crippen LogP contribution in [0.15, 0.2) is 18.3 Å². The van der Waals surface area contributed by atoms with Crippen LogP contribution in [0.1, 0.15) is 49.9 Å². The van der Waals surface area contributed by atoms with Crippen LogP contribution in [0.3, 0.4) is 0 Å². The Morgan fingerprint density at radius 1 is 1.41 bits per heavy atom. The molecule has 0 aromatic carbocycles. The van der Waals surface area contributed by atoms with Crippen molar-refractivity contribution in [1.29, 1.82) is 0 Å². The van der Waals surface area contributed by atoms with E-state index < -0.39 is 0 Å². The van der Waals surface area contributed by atoms with Gasteiger partial charge in [0, 0.05) is 25.3 Å². The van der Waals surface area contributed by atoms with Gasteiger partial charge in [-0.1, -0.05) is 26.2 Å². The Labute approximate surface area is 133 Å². The van der Waals surface area contributed by atoms with E-state index in [1.165, 1.54) is 12.8 Å². The zero-order chi connectivity index (χ0) is 15.8. The molecule has 1 aromatic heterocycles. The number of carbonyl (C=O) groups is 1. The summed E-state index contributed by atoms with van der Waals surface area (Å²) in [5, 5.41) is 3.10. The first-order chi connectivity index (χ1) is 10.7. The van der Waals surface area contributed by atoms with Gasteiger partial charge in [0.2, 0.25) is 0 Å². The topological polar surface area (TPSA) is 54.5 Å². The Hall–Kier alpha value is -1.62. The van der Waals surface area contributed by atoms with Crippen molar-refractivity contribution < 1.29 is 9.53 Å². The van der Waals surface area contributed by atoms with Gasteiger partial charge in [0.05, 0.1) is 18.8 Å². The van der Waals surface area contributed by atoms with Gasteiger partial charge in [-0.25, -0.2) is 4.98 Å². The number of morpholine rings is 1. The summed E-state index contributed by atoms with van der Waals surface area (Å²) in [5.41, 5.74) is 0.659. The van der Waals surface area contributed by atoms with E-state index in [1.54, 1.807) is 6.20 Å². The van der Waals surface area contributed by atoms with Crippen molar-refractivity contribution >= 4 is 11.7 Å². The molecule has 1 saturated heterocycles. The smallest absolute Gasteiger partial charge is 0.255 e. The van der Waals surface area contributed by atoms with Gasteiger partial charge in [0.15, 0.2) is 0 Å². The molecule has 1 aliphatic heterocycles. The van der Waals surface area contributed by atoms with Gasteiger partial charge in [-0.05, 0) is 25.5 Å². The van der Waals surface area contributed by atoms with Crippen molar-refractivity contribution in [3.05, 3.63) is 23.9 Å². The Morgan fingerprint density at radius 3 is 2.91 bits per heavy atom. The van der Waals surface area contributed by atoms with E-state index >= 15 is 0 Å². The van der Waals surface area contributed by atoms with E-state index in [4.69, 9.17) is 4.74 Å². The number of nitrogens with zero attached hydrogens (tertiary/aromatic N) is 2. The molecular weight excluding hydrogens is 278 g/mol. The van der Waals surface area contributed by atoms with Crippen LogP contribution in [0.5, 0.6) is 0 Å². The number of carbonyl (C=O) groups excluding carboxylic acids is 1. The van der Waals surface area contributed by atoms with Gasteiger partial charge in [-0.2, -0.15) is 0 Å². The second kappa shape index (κ2) is 8.73. The van der Waals surface area contributed by atoms with Crippen LogP contribution >= 0.6 is 0 Å². The zero-order valence-corrected chi connectivity index (χ0v) is 13.7. The van der Waals surface area contributed by atoms with Gasteiger partial charge < -0.3 is 15.0 Å². The number of unbranched alkanes of at least 4 members (excludes halogenated alkanes) is 2. The molecule has 5 nitrogen and oxygen atoms in total. The Kier molecular flexibility index (Phi) is 6.65. The number of hydrogen-bond donors (Lipinski definition) is 1. The van der Waals surface area contributed by atoms with Crippen LogP contribution in [0.25, 0.3) is 0 Å². The first-order valence-corrected chi connectivity index (χ1v) is 8.31. The van der Waals surface area contributed by atoms with Gasteiger partial charge in [0.25, 0.3) is 5.91 Å². The predicted molar refractivity (Wildman–Crippen MR) is 88.3 cm³/mol. The van der Waals surface area contributed by atoms with Crippen LogP contribution < -0.4 is 10.2 Å². The number of aromatic nitrogens is 1. The molecule has 0 radical (unpaired) electrons. The highest BCUT2D eigenvalue weighted by Crippen LogP contribution is 2.18. The second-order valence-corrected chi connectivity index (χ2v) is 5.84. The standard InChI is InChI=1S/C17H27N3O2/c1-3-4-5-7-14(2)19-17(21)15-8-6-9-18-16(15)20-10-12-22-13-11-20/h6,8-9,14H,3-5,7,10-13H2,1-2H3,(H,19,21). The van der Waals surface area contributed by atoms with E-state index in [1.807, 2.05) is 12.1 Å². The predicted octanol–water partition coefficient (Wildman–Crippen LogP) is 2.62. The fraction of sp³-hybridized carbons (Fsp3) is 0.647. The van der Waals surface area contributed by atoms with E-state index in [0.29, 0.717) is 18.8 Å². The maximum Gasteiger partial charge on any atom is 0.255 e. The SMILES string of the molecule is CCCCCC(C)NC(=O)c1cccnc1N1CCOCC1. The molecule has 0 bridgehead atoms. The molecule has 1 N–H and O–H groups in total. The Morgan fingerprint density at radius 2 is 2.18 bits per heavy atom. The van der Waals surface area contributed by atoms with Gasteiger partial charge in [-0.15, -0.1) is 0 Å². The molecule has 0 spiro atoms. The summed E-state index contributed by atoms with van der Waals surface area (Å²) in [7, 11) is 0. The highest BCUT2D eigenvalue weighted by molar-refractivity contribution is 5.99.